The number of amides is 1. The molecule has 0 aliphatic heterocycles. The monoisotopic (exact) mass is 370 g/mol. The van der Waals surface area contributed by atoms with E-state index < -0.39 is 0 Å². The molecule has 0 aliphatic carbocycles. The Morgan fingerprint density at radius 2 is 1.96 bits per heavy atom. The van der Waals surface area contributed by atoms with E-state index in [0.717, 1.165) is 5.56 Å². The zero-order valence-corrected chi connectivity index (χ0v) is 14.3. The van der Waals surface area contributed by atoms with Crippen LogP contribution in [0.4, 0.5) is 16.0 Å². The maximum absolute atomic E-state index is 12.8. The van der Waals surface area contributed by atoms with Crippen LogP contribution in [0.2, 0.25) is 0 Å². The highest BCUT2D eigenvalue weighted by Gasteiger charge is 2.08. The SMILES string of the molecule is O=C(CSc1n[nH]c(N/N=C\c2ccccc2)n1)Nc1ccc(F)cc1. The number of aromatic nitrogens is 3. The van der Waals surface area contributed by atoms with Gasteiger partial charge in [-0.25, -0.2) is 14.9 Å². The molecule has 3 N–H and O–H groups in total. The van der Waals surface area contributed by atoms with Crippen molar-refractivity contribution in [3.8, 4) is 0 Å². The van der Waals surface area contributed by atoms with Crippen LogP contribution < -0.4 is 10.7 Å². The van der Waals surface area contributed by atoms with Gasteiger partial charge < -0.3 is 5.32 Å². The van der Waals surface area contributed by atoms with E-state index in [1.165, 1.54) is 36.0 Å². The van der Waals surface area contributed by atoms with Crippen molar-refractivity contribution < 1.29 is 9.18 Å². The van der Waals surface area contributed by atoms with Gasteiger partial charge in [-0.3, -0.25) is 4.79 Å². The second-order valence-corrected chi connectivity index (χ2v) is 6.03. The number of hydrogen-bond acceptors (Lipinski definition) is 6. The lowest BCUT2D eigenvalue weighted by Crippen LogP contribution is -2.14. The van der Waals surface area contributed by atoms with Crippen LogP contribution in [-0.4, -0.2) is 33.1 Å². The van der Waals surface area contributed by atoms with Crippen LogP contribution in [0.1, 0.15) is 5.56 Å². The molecule has 1 amide bonds. The number of anilines is 2. The number of nitrogens with one attached hydrogen (secondary N) is 3. The summed E-state index contributed by atoms with van der Waals surface area (Å²) in [5.74, 6) is -0.0863. The number of rotatable bonds is 7. The van der Waals surface area contributed by atoms with Gasteiger partial charge in [0, 0.05) is 5.69 Å². The third-order valence-corrected chi connectivity index (χ3v) is 3.96. The molecule has 0 bridgehead atoms. The van der Waals surface area contributed by atoms with Crippen molar-refractivity contribution >= 4 is 35.5 Å². The molecule has 0 unspecified atom stereocenters. The van der Waals surface area contributed by atoms with E-state index in [4.69, 9.17) is 0 Å². The first-order valence-corrected chi connectivity index (χ1v) is 8.62. The summed E-state index contributed by atoms with van der Waals surface area (Å²) in [7, 11) is 0. The zero-order chi connectivity index (χ0) is 18.2. The average molecular weight is 370 g/mol. The van der Waals surface area contributed by atoms with Crippen LogP contribution in [0.5, 0.6) is 0 Å². The van der Waals surface area contributed by atoms with Crippen LogP contribution in [-0.2, 0) is 4.79 Å². The molecule has 2 aromatic carbocycles. The van der Waals surface area contributed by atoms with Gasteiger partial charge in [-0.15, -0.1) is 5.10 Å². The lowest BCUT2D eigenvalue weighted by Gasteiger charge is -2.03. The smallest absolute Gasteiger partial charge is 0.240 e. The van der Waals surface area contributed by atoms with Crippen molar-refractivity contribution in [1.29, 1.82) is 0 Å². The molecule has 7 nitrogen and oxygen atoms in total. The fourth-order valence-electron chi connectivity index (χ4n) is 1.93. The number of carbonyl (C=O) groups is 1. The average Bonchev–Trinajstić information content (AvgIpc) is 3.11. The molecular formula is C17H15FN6OS. The van der Waals surface area contributed by atoms with Crippen LogP contribution in [0.25, 0.3) is 0 Å². The summed E-state index contributed by atoms with van der Waals surface area (Å²) in [5.41, 5.74) is 4.22. The van der Waals surface area contributed by atoms with Crippen LogP contribution in [0.3, 0.4) is 0 Å². The number of carbonyl (C=O) groups excluding carboxylic acids is 1. The largest absolute Gasteiger partial charge is 0.325 e. The summed E-state index contributed by atoms with van der Waals surface area (Å²) in [6.45, 7) is 0. The van der Waals surface area contributed by atoms with Gasteiger partial charge in [-0.2, -0.15) is 10.1 Å². The van der Waals surface area contributed by atoms with Crippen molar-refractivity contribution in [2.45, 2.75) is 5.16 Å². The minimum Gasteiger partial charge on any atom is -0.325 e. The fraction of sp³-hybridized carbons (Fsp3) is 0.0588. The number of aromatic amines is 1. The number of nitrogens with zero attached hydrogens (tertiary/aromatic N) is 3. The first-order valence-electron chi connectivity index (χ1n) is 7.64. The van der Waals surface area contributed by atoms with Gasteiger partial charge in [0.2, 0.25) is 17.0 Å². The minimum absolute atomic E-state index is 0.127. The fourth-order valence-corrected chi connectivity index (χ4v) is 2.53. The van der Waals surface area contributed by atoms with E-state index in [1.54, 1.807) is 6.21 Å². The number of benzene rings is 2. The maximum Gasteiger partial charge on any atom is 0.240 e. The molecule has 9 heteroatoms. The minimum atomic E-state index is -0.354. The summed E-state index contributed by atoms with van der Waals surface area (Å²) >= 11 is 1.17. The Kier molecular flexibility index (Phi) is 5.94. The zero-order valence-electron chi connectivity index (χ0n) is 13.5. The first-order chi connectivity index (χ1) is 12.7. The normalized spacial score (nSPS) is 10.8. The van der Waals surface area contributed by atoms with Crippen LogP contribution in [0.15, 0.2) is 64.9 Å². The summed E-state index contributed by atoms with van der Waals surface area (Å²) < 4.78 is 12.8. The highest BCUT2D eigenvalue weighted by Crippen LogP contribution is 2.15. The summed E-state index contributed by atoms with van der Waals surface area (Å²) in [6.07, 6.45) is 1.66. The number of hydrogen-bond donors (Lipinski definition) is 3. The maximum atomic E-state index is 12.8. The third kappa shape index (κ3) is 5.42. The van der Waals surface area contributed by atoms with Crippen LogP contribution in [0, 0.1) is 5.82 Å². The Morgan fingerprint density at radius 3 is 2.73 bits per heavy atom. The molecule has 1 heterocycles. The molecule has 0 aliphatic rings. The molecule has 3 aromatic rings. The summed E-state index contributed by atoms with van der Waals surface area (Å²) in [5, 5.41) is 13.8. The summed E-state index contributed by atoms with van der Waals surface area (Å²) in [4.78, 5) is 16.0. The lowest BCUT2D eigenvalue weighted by atomic mass is 10.2. The van der Waals surface area contributed by atoms with Gasteiger partial charge in [-0.05, 0) is 29.8 Å². The van der Waals surface area contributed by atoms with Crippen molar-refractivity contribution in [3.05, 3.63) is 66.0 Å². The molecule has 0 radical (unpaired) electrons. The van der Waals surface area contributed by atoms with Gasteiger partial charge >= 0.3 is 0 Å². The molecule has 0 atom stereocenters. The third-order valence-electron chi connectivity index (χ3n) is 3.11. The molecule has 0 saturated carbocycles. The second-order valence-electron chi connectivity index (χ2n) is 5.09. The van der Waals surface area contributed by atoms with E-state index in [1.807, 2.05) is 30.3 Å². The molecule has 0 spiro atoms. The van der Waals surface area contributed by atoms with Gasteiger partial charge in [0.15, 0.2) is 0 Å². The topological polar surface area (TPSA) is 95.1 Å². The molecule has 3 rings (SSSR count). The predicted octanol–water partition coefficient (Wildman–Crippen LogP) is 3.12. The lowest BCUT2D eigenvalue weighted by molar-refractivity contribution is -0.113. The van der Waals surface area contributed by atoms with E-state index in [2.05, 4.69) is 31.0 Å². The molecule has 132 valence electrons. The number of hydrazone groups is 1. The van der Waals surface area contributed by atoms with Crippen LogP contribution >= 0.6 is 11.8 Å². The van der Waals surface area contributed by atoms with E-state index >= 15 is 0 Å². The van der Waals surface area contributed by atoms with Crippen molar-refractivity contribution in [3.63, 3.8) is 0 Å². The second kappa shape index (κ2) is 8.77. The molecule has 0 saturated heterocycles. The van der Waals surface area contributed by atoms with Gasteiger partial charge in [0.25, 0.3) is 0 Å². The summed E-state index contributed by atoms with van der Waals surface area (Å²) in [6, 6.07) is 15.2. The standard InChI is InChI=1S/C17H15FN6OS/c18-13-6-8-14(9-7-13)20-15(25)11-26-17-21-16(23-24-17)22-19-10-12-4-2-1-3-5-12/h1-10H,11H2,(H,20,25)(H2,21,22,23,24)/b19-10-. The van der Waals surface area contributed by atoms with E-state index in [0.29, 0.717) is 16.8 Å². The molecular weight excluding hydrogens is 355 g/mol. The predicted molar refractivity (Wildman–Crippen MR) is 99.8 cm³/mol. The quantitative estimate of drug-likeness (QED) is 0.337. The Balaban J connectivity index is 1.45. The van der Waals surface area contributed by atoms with Gasteiger partial charge in [0.1, 0.15) is 5.82 Å². The van der Waals surface area contributed by atoms with Crippen molar-refractivity contribution in [2.24, 2.45) is 5.10 Å². The van der Waals surface area contributed by atoms with Crippen molar-refractivity contribution in [1.82, 2.24) is 15.2 Å². The molecule has 0 fully saturated rings. The van der Waals surface area contributed by atoms with E-state index in [-0.39, 0.29) is 17.5 Å². The Hall–Kier alpha value is -3.20. The molecule has 1 aromatic heterocycles. The number of H-pyrrole nitrogens is 1. The first kappa shape index (κ1) is 17.6. The Morgan fingerprint density at radius 1 is 1.19 bits per heavy atom. The highest BCUT2D eigenvalue weighted by molar-refractivity contribution is 7.99. The van der Waals surface area contributed by atoms with E-state index in [9.17, 15) is 9.18 Å². The Bertz CT molecular complexity index is 882. The number of halogens is 1. The number of thioether (sulfide) groups is 1. The highest BCUT2D eigenvalue weighted by atomic mass is 32.2. The van der Waals surface area contributed by atoms with Gasteiger partial charge in [-0.1, -0.05) is 42.1 Å². The molecule has 26 heavy (non-hydrogen) atoms. The van der Waals surface area contributed by atoms with Gasteiger partial charge in [0.05, 0.1) is 12.0 Å². The van der Waals surface area contributed by atoms with Crippen molar-refractivity contribution in [2.75, 3.05) is 16.5 Å². The Labute approximate surface area is 153 Å².